The van der Waals surface area contributed by atoms with Crippen molar-refractivity contribution in [3.63, 3.8) is 0 Å². The summed E-state index contributed by atoms with van der Waals surface area (Å²) in [7, 11) is 0. The molecule has 0 aliphatic heterocycles. The van der Waals surface area contributed by atoms with Gasteiger partial charge in [-0.15, -0.1) is 0 Å². The van der Waals surface area contributed by atoms with E-state index in [4.69, 9.17) is 86.9 Å². The summed E-state index contributed by atoms with van der Waals surface area (Å²) in [6.45, 7) is -26.4. The van der Waals surface area contributed by atoms with Gasteiger partial charge >= 0.3 is 47.8 Å². The number of carbonyl (C=O) groups excluding carboxylic acids is 8. The number of hydrogen-bond acceptors (Lipinski definition) is 25. The molecule has 8 aromatic rings. The second kappa shape index (κ2) is 46.2. The largest absolute Gasteiger partial charge is 0.461 e. The van der Waals surface area contributed by atoms with E-state index in [0.717, 1.165) is 0 Å². The van der Waals surface area contributed by atoms with Crippen LogP contribution in [0.3, 0.4) is 0 Å². The van der Waals surface area contributed by atoms with E-state index in [1.807, 2.05) is 39.3 Å². The Kier molecular flexibility index (Phi) is 35.7. The summed E-state index contributed by atoms with van der Waals surface area (Å²) in [6.07, 6.45) is -6.37. The quantitative estimate of drug-likeness (QED) is 0.00654. The van der Waals surface area contributed by atoms with Crippen LogP contribution in [0.15, 0.2) is 40.9 Å². The molecule has 0 fully saturated rings. The molecular formula is C72H26F32N24O17. The third kappa shape index (κ3) is 22.3. The van der Waals surface area contributed by atoms with Crippen LogP contribution in [-0.4, -0.2) is 114 Å². The van der Waals surface area contributed by atoms with Gasteiger partial charge in [0, 0.05) is 39.3 Å². The van der Waals surface area contributed by atoms with Gasteiger partial charge in [-0.25, -0.2) is 179 Å². The van der Waals surface area contributed by atoms with Crippen LogP contribution < -0.4 is 0 Å². The zero-order chi connectivity index (χ0) is 109. The van der Waals surface area contributed by atoms with Gasteiger partial charge in [-0.05, 0) is 57.1 Å². The maximum Gasteiger partial charge on any atom is 0.344 e. The Hall–Kier alpha value is -18.3. The van der Waals surface area contributed by atoms with Crippen LogP contribution in [0, 0.1) is 202 Å². The number of benzene rings is 8. The molecule has 0 unspecified atom stereocenters. The Balaban J connectivity index is 1.50. The van der Waals surface area contributed by atoms with Gasteiger partial charge in [0.1, 0.15) is 143 Å². The van der Waals surface area contributed by atoms with Crippen molar-refractivity contribution < 1.29 is 221 Å². The van der Waals surface area contributed by atoms with Crippen molar-refractivity contribution in [1.82, 2.24) is 0 Å². The minimum atomic E-state index is -4.11. The van der Waals surface area contributed by atoms with E-state index in [0.29, 0.717) is 0 Å². The van der Waals surface area contributed by atoms with Crippen molar-refractivity contribution in [2.75, 3.05) is 66.1 Å². The maximum absolute atomic E-state index is 16.1. The molecule has 41 nitrogen and oxygen atoms in total. The SMILES string of the molecule is [N-]=[N+]=Nc1c(F)c(F)c(C(=O)OCC(CCCC(COC(=O)c2c(F)c(F)c(N=[N+]=[N-])c(F)c2F)(COC(=O)c2c(F)c(F)c(N=[N+]=[N-])c(F)c2F)COC(=O)c2c(F)c(F)c(N=[N+]=[N-])c(F)c2F)(COCC(COC(=O)c2c(F)c(F)c(N=[N+]=[N-])c(F)c2F)(COC(=O)c2c(F)c(F)c(N=[N+]=[N-])c(F)c2F)COC(=O)c2c(F)c(F)c(N=[N+]=[N-])c(F)c2F)COC(=O)c2c(F)c(F)c(N=[N+]=[N-])c(F)c2F)c(F)c1F. The van der Waals surface area contributed by atoms with E-state index in [-0.39, 0.29) is 0 Å². The van der Waals surface area contributed by atoms with Gasteiger partial charge in [0.2, 0.25) is 0 Å². The second-order valence-electron chi connectivity index (χ2n) is 27.8. The van der Waals surface area contributed by atoms with E-state index < -0.39 is 425 Å². The lowest BCUT2D eigenvalue weighted by molar-refractivity contribution is -0.104. The number of azide groups is 8. The molecule has 8 aromatic carbocycles. The summed E-state index contributed by atoms with van der Waals surface area (Å²) >= 11 is 0. The van der Waals surface area contributed by atoms with E-state index in [1.54, 1.807) is 0 Å². The van der Waals surface area contributed by atoms with Crippen LogP contribution in [0.25, 0.3) is 83.5 Å². The summed E-state index contributed by atoms with van der Waals surface area (Å²) in [5.74, 6) is -121. The van der Waals surface area contributed by atoms with Gasteiger partial charge in [-0.2, -0.15) is 0 Å². The van der Waals surface area contributed by atoms with Crippen LogP contribution in [0.4, 0.5) is 186 Å². The van der Waals surface area contributed by atoms with Gasteiger partial charge in [0.05, 0.1) is 29.5 Å². The maximum atomic E-state index is 16.1. The Morgan fingerprint density at radius 2 is 0.276 bits per heavy atom. The molecule has 0 saturated carbocycles. The molecule has 0 spiro atoms. The molecule has 0 aromatic heterocycles. The summed E-state index contributed by atoms with van der Waals surface area (Å²) in [5.41, 5.74) is 17.5. The summed E-state index contributed by atoms with van der Waals surface area (Å²) in [4.78, 5) is 127. The molecule has 0 heterocycles. The first-order chi connectivity index (χ1) is 68.2. The topological polar surface area (TPSA) is 610 Å². The second-order valence-corrected chi connectivity index (χ2v) is 27.8. The lowest BCUT2D eigenvalue weighted by atomic mass is 9.79. The number of nitrogens with zero attached hydrogens (tertiary/aromatic N) is 24. The average molecular weight is 2110 g/mol. The number of esters is 8. The Morgan fingerprint density at radius 1 is 0.172 bits per heavy atom. The molecule has 0 atom stereocenters. The summed E-state index contributed by atoms with van der Waals surface area (Å²) in [5, 5.41) is 18.2. The fourth-order valence-electron chi connectivity index (χ4n) is 12.0. The molecule has 0 aliphatic rings. The molecule has 760 valence electrons. The highest BCUT2D eigenvalue weighted by Gasteiger charge is 2.48. The van der Waals surface area contributed by atoms with Crippen LogP contribution in [-0.2, 0) is 42.6 Å². The minimum absolute atomic E-state index is 1.83. The molecule has 0 amide bonds. The molecule has 145 heavy (non-hydrogen) atoms. The summed E-state index contributed by atoms with van der Waals surface area (Å²) < 4.78 is 547. The van der Waals surface area contributed by atoms with E-state index in [1.165, 1.54) is 0 Å². The van der Waals surface area contributed by atoms with Gasteiger partial charge in [-0.3, -0.25) is 0 Å². The zero-order valence-corrected chi connectivity index (χ0v) is 68.5. The van der Waals surface area contributed by atoms with Gasteiger partial charge in [0.25, 0.3) is 0 Å². The zero-order valence-electron chi connectivity index (χ0n) is 68.5. The first-order valence-corrected chi connectivity index (χ1v) is 36.4. The molecule has 0 N–H and O–H groups in total. The molecule has 0 radical (unpaired) electrons. The first kappa shape index (κ1) is 112. The Morgan fingerprint density at radius 3 is 0.393 bits per heavy atom. The highest BCUT2D eigenvalue weighted by Crippen LogP contribution is 2.44. The molecule has 8 rings (SSSR count). The normalized spacial score (nSPS) is 12.1. The lowest BCUT2D eigenvalue weighted by Gasteiger charge is -2.37. The van der Waals surface area contributed by atoms with Crippen LogP contribution in [0.1, 0.15) is 102 Å². The van der Waals surface area contributed by atoms with Crippen LogP contribution in [0.2, 0.25) is 0 Å². The van der Waals surface area contributed by atoms with Crippen molar-refractivity contribution in [3.8, 4) is 0 Å². The van der Waals surface area contributed by atoms with Crippen molar-refractivity contribution in [2.45, 2.75) is 19.3 Å². The van der Waals surface area contributed by atoms with E-state index >= 15 is 140 Å². The number of carbonyl (C=O) groups is 8. The minimum Gasteiger partial charge on any atom is -0.461 e. The van der Waals surface area contributed by atoms with E-state index in [9.17, 15) is 38.4 Å². The first-order valence-electron chi connectivity index (χ1n) is 36.4. The number of ether oxygens (including phenoxy) is 9. The van der Waals surface area contributed by atoms with Gasteiger partial charge in [-0.1, -0.05) is 47.3 Å². The van der Waals surface area contributed by atoms with Crippen molar-refractivity contribution in [3.05, 3.63) is 314 Å². The number of hydrogen-bond donors (Lipinski definition) is 0. The fourth-order valence-corrected chi connectivity index (χ4v) is 12.0. The number of halogens is 32. The third-order valence-electron chi connectivity index (χ3n) is 19.0. The molecular weight excluding hydrogens is 2080 g/mol. The molecule has 0 bridgehead atoms. The molecule has 0 aliphatic carbocycles. The third-order valence-corrected chi connectivity index (χ3v) is 19.0. The monoisotopic (exact) mass is 2110 g/mol. The number of rotatable bonds is 40. The lowest BCUT2D eigenvalue weighted by Crippen LogP contribution is -2.46. The Labute approximate surface area is 769 Å². The van der Waals surface area contributed by atoms with E-state index in [2.05, 4.69) is 40.9 Å². The average Bonchev–Trinajstić information content (AvgIpc) is 0.783. The predicted octanol–water partition coefficient (Wildman–Crippen LogP) is 24.0. The van der Waals surface area contributed by atoms with Gasteiger partial charge < -0.3 is 42.6 Å². The smallest absolute Gasteiger partial charge is 0.344 e. The standard InChI is InChI=1S/C72H26F32N24O17/c73-22-14(23(74)39(90)54(38(22)89)113-121-105)62(129)138-6-70(7-139-63(130)15-24(75)40(91)55(114-122-106)41(92)25(15)76,2-1-3-71(8-140-64(131)16-26(77)42(93)56(115-123-107)43(94)27(16)78,9-141-65(132)17-28(79)44(95)57(116-124-108)45(96)29(17)80)10-142-66(133)18-30(81)46(97)58(117-125-109)47(98)31(18)82)4-137-5-72(11-143-67(134)19-32(83)48(99)59(118-126-110)49(100)33(19)84,12-144-68(135)20-34(85)50(101)60(119-127-111)51(102)35(20)86)13-145-69(136)21-36(87)52(103)61(120-128-112)53(104)37(21)88/h1-13H2. The highest BCUT2D eigenvalue weighted by molar-refractivity contribution is 5.95. The molecule has 73 heteroatoms. The fraction of sp³-hybridized carbons (Fsp3) is 0.222. The van der Waals surface area contributed by atoms with Crippen LogP contribution in [0.5, 0.6) is 0 Å². The van der Waals surface area contributed by atoms with Gasteiger partial charge in [0.15, 0.2) is 186 Å². The predicted molar refractivity (Wildman–Crippen MR) is 395 cm³/mol. The van der Waals surface area contributed by atoms with Crippen molar-refractivity contribution >= 4 is 93.3 Å². The Bertz CT molecular complexity index is 6170. The summed E-state index contributed by atoms with van der Waals surface area (Å²) in [6, 6.07) is 0. The molecule has 0 saturated heterocycles. The van der Waals surface area contributed by atoms with Crippen LogP contribution >= 0.6 is 0 Å². The highest BCUT2D eigenvalue weighted by atomic mass is 19.2. The van der Waals surface area contributed by atoms with Crippen molar-refractivity contribution in [2.24, 2.45) is 57.2 Å². The van der Waals surface area contributed by atoms with Crippen molar-refractivity contribution in [1.29, 1.82) is 0 Å².